The molecule has 0 bridgehead atoms. The van der Waals surface area contributed by atoms with Crippen LogP contribution in [0.2, 0.25) is 0 Å². The zero-order chi connectivity index (χ0) is 29.9. The topological polar surface area (TPSA) is 119 Å². The molecule has 0 saturated carbocycles. The van der Waals surface area contributed by atoms with Gasteiger partial charge in [0.1, 0.15) is 34.7 Å². The fourth-order valence-electron chi connectivity index (χ4n) is 4.25. The number of urea groups is 1. The van der Waals surface area contributed by atoms with E-state index in [0.29, 0.717) is 28.8 Å². The number of hydrogen-bond acceptors (Lipinski definition) is 7. The lowest BCUT2D eigenvalue weighted by Gasteiger charge is -2.14. The van der Waals surface area contributed by atoms with Crippen molar-refractivity contribution >= 4 is 51.4 Å². The van der Waals surface area contributed by atoms with Gasteiger partial charge in [0.15, 0.2) is 0 Å². The van der Waals surface area contributed by atoms with Crippen LogP contribution in [-0.2, 0) is 14.9 Å². The van der Waals surface area contributed by atoms with Crippen LogP contribution in [0.5, 0.6) is 11.5 Å². The maximum Gasteiger partial charge on any atom is 0.324 e. The second-order valence-corrected chi connectivity index (χ2v) is 11.6. The van der Waals surface area contributed by atoms with E-state index in [1.54, 1.807) is 46.5 Å². The number of anilines is 3. The number of carbonyl (C=O) groups is 2. The molecule has 0 aliphatic heterocycles. The van der Waals surface area contributed by atoms with Crippen LogP contribution < -0.4 is 20.7 Å². The zero-order valence-corrected chi connectivity index (χ0v) is 24.8. The number of benzene rings is 2. The van der Waals surface area contributed by atoms with Crippen molar-refractivity contribution in [1.29, 1.82) is 0 Å². The molecule has 0 fully saturated rings. The number of ether oxygens (including phenoxy) is 2. The highest BCUT2D eigenvalue weighted by Gasteiger charge is 2.22. The van der Waals surface area contributed by atoms with Gasteiger partial charge in [-0.05, 0) is 42.1 Å². The van der Waals surface area contributed by atoms with Gasteiger partial charge in [-0.1, -0.05) is 45.0 Å². The van der Waals surface area contributed by atoms with Crippen molar-refractivity contribution in [1.82, 2.24) is 14.8 Å². The molecule has 3 heterocycles. The smallest absolute Gasteiger partial charge is 0.324 e. The average Bonchev–Trinajstić information content (AvgIpc) is 3.56. The molecule has 0 radical (unpaired) electrons. The molecule has 0 unspecified atom stereocenters. The average molecular weight is 585 g/mol. The van der Waals surface area contributed by atoms with Crippen LogP contribution in [0.4, 0.5) is 22.1 Å². The number of nitrogens with zero attached hydrogens (tertiary/aromatic N) is 3. The molecular formula is C31H32N6O4S. The largest absolute Gasteiger partial charge is 0.457 e. The van der Waals surface area contributed by atoms with E-state index in [9.17, 15) is 9.59 Å². The summed E-state index contributed by atoms with van der Waals surface area (Å²) < 4.78 is 12.8. The van der Waals surface area contributed by atoms with Crippen molar-refractivity contribution in [2.75, 3.05) is 29.7 Å². The molecule has 5 aromatic rings. The highest BCUT2D eigenvalue weighted by Crippen LogP contribution is 2.35. The summed E-state index contributed by atoms with van der Waals surface area (Å²) in [5, 5.41) is 18.0. The third kappa shape index (κ3) is 6.59. The Hall–Kier alpha value is -4.74. The first-order chi connectivity index (χ1) is 20.1. The minimum Gasteiger partial charge on any atom is -0.457 e. The maximum absolute atomic E-state index is 13.3. The summed E-state index contributed by atoms with van der Waals surface area (Å²) in [5.74, 6) is 1.69. The highest BCUT2D eigenvalue weighted by molar-refractivity contribution is 7.12. The summed E-state index contributed by atoms with van der Waals surface area (Å²) in [6.45, 7) is 8.21. The summed E-state index contributed by atoms with van der Waals surface area (Å²) >= 11 is 1.57. The van der Waals surface area contributed by atoms with E-state index in [1.165, 1.54) is 7.11 Å². The monoisotopic (exact) mass is 584 g/mol. The Morgan fingerprint density at radius 2 is 1.76 bits per heavy atom. The third-order valence-corrected chi connectivity index (χ3v) is 7.30. The number of methoxy groups -OCH3 is 1. The van der Waals surface area contributed by atoms with Gasteiger partial charge in [0.2, 0.25) is 0 Å². The molecule has 0 spiro atoms. The molecule has 0 saturated heterocycles. The Kier molecular flexibility index (Phi) is 8.23. The second kappa shape index (κ2) is 12.0. The molecule has 0 atom stereocenters. The van der Waals surface area contributed by atoms with E-state index in [4.69, 9.17) is 14.6 Å². The van der Waals surface area contributed by atoms with Gasteiger partial charge >= 0.3 is 6.03 Å². The molecule has 3 amide bonds. The van der Waals surface area contributed by atoms with Gasteiger partial charge < -0.3 is 20.1 Å². The molecule has 216 valence electrons. The third-order valence-electron chi connectivity index (χ3n) is 6.28. The van der Waals surface area contributed by atoms with Crippen molar-refractivity contribution in [3.8, 4) is 16.5 Å². The van der Waals surface area contributed by atoms with Crippen molar-refractivity contribution < 1.29 is 19.1 Å². The summed E-state index contributed by atoms with van der Waals surface area (Å²) in [6, 6.07) is 18.1. The van der Waals surface area contributed by atoms with Gasteiger partial charge in [0.25, 0.3) is 5.91 Å². The highest BCUT2D eigenvalue weighted by atomic mass is 32.1. The van der Waals surface area contributed by atoms with Gasteiger partial charge in [-0.15, -0.1) is 11.3 Å². The number of nitrogens with one attached hydrogen (secondary N) is 3. The standard InChI is InChI=1S/C31H32N6O4S/c1-19-14-29(42-18-19)37-27(16-25(36-37)31(2,3)4)35-30(39)33-23-10-11-24(22-9-7-6-8-21(22)23)41-20-12-13-32-26(15-20)34-28(38)17-40-5/h6-16,18H,17H2,1-5H3,(H,32,34,38)(H2,33,35,39). The Morgan fingerprint density at radius 3 is 2.48 bits per heavy atom. The Bertz CT molecular complexity index is 1750. The number of amides is 3. The molecule has 2 aromatic carbocycles. The molecule has 3 aromatic heterocycles. The van der Waals surface area contributed by atoms with Crippen molar-refractivity contribution in [3.05, 3.63) is 83.5 Å². The predicted molar refractivity (Wildman–Crippen MR) is 166 cm³/mol. The SMILES string of the molecule is COCC(=O)Nc1cc(Oc2ccc(NC(=O)Nc3cc(C(C)(C)C)nn3-c3cc(C)cs3)c3ccccc23)ccn1. The quantitative estimate of drug-likeness (QED) is 0.179. The van der Waals surface area contributed by atoms with Crippen LogP contribution in [-0.4, -0.2) is 40.4 Å². The normalized spacial score (nSPS) is 11.4. The number of aryl methyl sites for hydroxylation is 1. The van der Waals surface area contributed by atoms with Gasteiger partial charge in [0.05, 0.1) is 11.4 Å². The van der Waals surface area contributed by atoms with E-state index < -0.39 is 6.03 Å². The predicted octanol–water partition coefficient (Wildman–Crippen LogP) is 7.11. The number of rotatable bonds is 8. The fraction of sp³-hybridized carbons (Fsp3) is 0.226. The summed E-state index contributed by atoms with van der Waals surface area (Å²) in [7, 11) is 1.45. The number of aromatic nitrogens is 3. The van der Waals surface area contributed by atoms with E-state index in [1.807, 2.05) is 43.3 Å². The van der Waals surface area contributed by atoms with Gasteiger partial charge in [-0.25, -0.2) is 14.5 Å². The molecular weight excluding hydrogens is 552 g/mol. The fourth-order valence-corrected chi connectivity index (χ4v) is 5.12. The van der Waals surface area contributed by atoms with Gasteiger partial charge in [-0.3, -0.25) is 10.1 Å². The summed E-state index contributed by atoms with van der Waals surface area (Å²) in [6.07, 6.45) is 1.55. The number of fused-ring (bicyclic) bond motifs is 1. The number of pyridine rings is 1. The minimum atomic E-state index is -0.394. The first-order valence-electron chi connectivity index (χ1n) is 13.3. The van der Waals surface area contributed by atoms with Crippen LogP contribution in [0.25, 0.3) is 15.8 Å². The number of thiophene rings is 1. The van der Waals surface area contributed by atoms with Crippen molar-refractivity contribution in [3.63, 3.8) is 0 Å². The minimum absolute atomic E-state index is 0.0762. The van der Waals surface area contributed by atoms with Gasteiger partial charge in [0, 0.05) is 41.6 Å². The second-order valence-electron chi connectivity index (χ2n) is 10.7. The molecule has 10 nitrogen and oxygen atoms in total. The number of hydrogen-bond donors (Lipinski definition) is 3. The van der Waals surface area contributed by atoms with Crippen LogP contribution in [0.3, 0.4) is 0 Å². The van der Waals surface area contributed by atoms with Crippen molar-refractivity contribution in [2.45, 2.75) is 33.1 Å². The van der Waals surface area contributed by atoms with Crippen LogP contribution in [0.15, 0.2) is 72.2 Å². The van der Waals surface area contributed by atoms with E-state index >= 15 is 0 Å². The lowest BCUT2D eigenvalue weighted by atomic mass is 9.92. The van der Waals surface area contributed by atoms with Crippen molar-refractivity contribution in [2.24, 2.45) is 0 Å². The first-order valence-corrected chi connectivity index (χ1v) is 14.2. The van der Waals surface area contributed by atoms with Gasteiger partial charge in [-0.2, -0.15) is 5.10 Å². The summed E-state index contributed by atoms with van der Waals surface area (Å²) in [4.78, 5) is 29.3. The van der Waals surface area contributed by atoms with Crippen LogP contribution >= 0.6 is 11.3 Å². The first kappa shape index (κ1) is 28.8. The molecule has 0 aliphatic rings. The van der Waals surface area contributed by atoms with Crippen LogP contribution in [0, 0.1) is 6.92 Å². The zero-order valence-electron chi connectivity index (χ0n) is 24.0. The molecule has 5 rings (SSSR count). The summed E-state index contributed by atoms with van der Waals surface area (Å²) in [5.41, 5.74) is 2.42. The Balaban J connectivity index is 1.38. The molecule has 0 aliphatic carbocycles. The van der Waals surface area contributed by atoms with E-state index in [2.05, 4.69) is 47.1 Å². The Morgan fingerprint density at radius 1 is 0.976 bits per heavy atom. The Labute approximate surface area is 247 Å². The molecule has 42 heavy (non-hydrogen) atoms. The lowest BCUT2D eigenvalue weighted by molar-refractivity contribution is -0.119. The van der Waals surface area contributed by atoms with E-state index in [-0.39, 0.29) is 17.9 Å². The maximum atomic E-state index is 13.3. The number of carbonyl (C=O) groups excluding carboxylic acids is 2. The molecule has 11 heteroatoms. The van der Waals surface area contributed by atoms with E-state index in [0.717, 1.165) is 27.0 Å². The lowest BCUT2D eigenvalue weighted by Crippen LogP contribution is -2.21. The van der Waals surface area contributed by atoms with Crippen LogP contribution in [0.1, 0.15) is 32.0 Å². The molecule has 3 N–H and O–H groups in total.